The average molecular weight is 292 g/mol. The molecule has 1 N–H and O–H groups in total. The van der Waals surface area contributed by atoms with Crippen LogP contribution in [0.2, 0.25) is 0 Å². The van der Waals surface area contributed by atoms with Gasteiger partial charge in [-0.3, -0.25) is 0 Å². The van der Waals surface area contributed by atoms with Crippen molar-refractivity contribution < 1.29 is 0 Å². The van der Waals surface area contributed by atoms with Crippen molar-refractivity contribution in [2.75, 3.05) is 13.6 Å². The minimum atomic E-state index is 0.495. The lowest BCUT2D eigenvalue weighted by Crippen LogP contribution is -2.35. The molecule has 0 spiro atoms. The number of unbranched alkanes of at least 4 members (excludes halogenated alkanes) is 1. The third kappa shape index (κ3) is 4.82. The van der Waals surface area contributed by atoms with Gasteiger partial charge in [0.15, 0.2) is 0 Å². The molecule has 0 amide bonds. The van der Waals surface area contributed by atoms with Gasteiger partial charge in [-0.05, 0) is 66.5 Å². The van der Waals surface area contributed by atoms with Gasteiger partial charge in [-0.1, -0.05) is 0 Å². The number of aromatic nitrogens is 2. The first kappa shape index (κ1) is 16.5. The molecule has 1 aromatic rings. The fourth-order valence-corrected chi connectivity index (χ4v) is 3.08. The van der Waals surface area contributed by atoms with Crippen molar-refractivity contribution >= 4 is 0 Å². The van der Waals surface area contributed by atoms with E-state index in [2.05, 4.69) is 53.8 Å². The van der Waals surface area contributed by atoms with Gasteiger partial charge in [-0.15, -0.1) is 0 Å². The molecule has 1 aromatic heterocycles. The first-order valence-electron chi connectivity index (χ1n) is 8.54. The smallest absolute Gasteiger partial charge is 0.0948 e. The molecule has 0 aliphatic carbocycles. The van der Waals surface area contributed by atoms with E-state index in [-0.39, 0.29) is 0 Å². The van der Waals surface area contributed by atoms with Crippen LogP contribution in [0.1, 0.15) is 64.6 Å². The number of rotatable bonds is 7. The fourth-order valence-electron chi connectivity index (χ4n) is 3.08. The molecule has 0 saturated carbocycles. The van der Waals surface area contributed by atoms with Gasteiger partial charge in [-0.2, -0.15) is 0 Å². The van der Waals surface area contributed by atoms with Crippen LogP contribution in [0.5, 0.6) is 0 Å². The van der Waals surface area contributed by atoms with Crippen LogP contribution in [0, 0.1) is 0 Å². The molecular weight excluding hydrogens is 260 g/mol. The summed E-state index contributed by atoms with van der Waals surface area (Å²) in [5.41, 5.74) is 1.37. The van der Waals surface area contributed by atoms with Crippen LogP contribution in [0.15, 0.2) is 12.5 Å². The molecule has 0 bridgehead atoms. The van der Waals surface area contributed by atoms with Gasteiger partial charge >= 0.3 is 0 Å². The lowest BCUT2D eigenvalue weighted by Gasteiger charge is -2.29. The lowest BCUT2D eigenvalue weighted by molar-refractivity contribution is 0.265. The highest BCUT2D eigenvalue weighted by molar-refractivity contribution is 5.07. The Morgan fingerprint density at radius 1 is 1.38 bits per heavy atom. The van der Waals surface area contributed by atoms with Crippen LogP contribution in [-0.2, 0) is 6.54 Å². The largest absolute Gasteiger partial charge is 0.333 e. The number of hydrogen-bond donors (Lipinski definition) is 1. The van der Waals surface area contributed by atoms with E-state index >= 15 is 0 Å². The summed E-state index contributed by atoms with van der Waals surface area (Å²) in [6.45, 7) is 9.07. The van der Waals surface area contributed by atoms with Crippen LogP contribution < -0.4 is 5.32 Å². The Balaban J connectivity index is 1.80. The summed E-state index contributed by atoms with van der Waals surface area (Å²) in [4.78, 5) is 6.79. The molecular formula is C17H32N4. The van der Waals surface area contributed by atoms with Gasteiger partial charge in [0.05, 0.1) is 12.0 Å². The molecule has 21 heavy (non-hydrogen) atoms. The van der Waals surface area contributed by atoms with E-state index in [0.29, 0.717) is 18.1 Å². The molecule has 0 radical (unpaired) electrons. The molecule has 2 heterocycles. The molecule has 1 saturated heterocycles. The Hall–Kier alpha value is -0.870. The molecule has 1 fully saturated rings. The summed E-state index contributed by atoms with van der Waals surface area (Å²) in [5, 5.41) is 3.71. The Kier molecular flexibility index (Phi) is 6.24. The normalized spacial score (nSPS) is 23.1. The van der Waals surface area contributed by atoms with Crippen molar-refractivity contribution in [2.24, 2.45) is 0 Å². The van der Waals surface area contributed by atoms with E-state index < -0.39 is 0 Å². The van der Waals surface area contributed by atoms with Crippen molar-refractivity contribution in [3.8, 4) is 0 Å². The van der Waals surface area contributed by atoms with Crippen LogP contribution in [0.4, 0.5) is 0 Å². The maximum Gasteiger partial charge on any atom is 0.0948 e. The molecule has 120 valence electrons. The van der Waals surface area contributed by atoms with Crippen LogP contribution in [0.25, 0.3) is 0 Å². The average Bonchev–Trinajstić information content (AvgIpc) is 2.91. The van der Waals surface area contributed by atoms with Crippen molar-refractivity contribution in [3.63, 3.8) is 0 Å². The second kappa shape index (κ2) is 7.95. The van der Waals surface area contributed by atoms with Crippen molar-refractivity contribution in [3.05, 3.63) is 18.2 Å². The summed E-state index contributed by atoms with van der Waals surface area (Å²) >= 11 is 0. The molecule has 1 aliphatic heterocycles. The standard InChI is InChI=1S/C17H32N4/c1-14(2)20(4)10-5-6-11-21-13-18-12-17(21)16-9-7-8-15(3)19-16/h12-16,19H,5-11H2,1-4H3. The zero-order valence-electron chi connectivity index (χ0n) is 14.2. The summed E-state index contributed by atoms with van der Waals surface area (Å²) in [7, 11) is 2.21. The summed E-state index contributed by atoms with van der Waals surface area (Å²) in [6, 6.07) is 1.77. The number of piperidine rings is 1. The zero-order chi connectivity index (χ0) is 15.2. The van der Waals surface area contributed by atoms with E-state index in [9.17, 15) is 0 Å². The summed E-state index contributed by atoms with van der Waals surface area (Å²) in [6.07, 6.45) is 10.4. The predicted molar refractivity (Wildman–Crippen MR) is 88.4 cm³/mol. The molecule has 0 aromatic carbocycles. The number of hydrogen-bond acceptors (Lipinski definition) is 3. The number of imidazole rings is 1. The second-order valence-electron chi connectivity index (χ2n) is 6.84. The Labute approximate surface area is 129 Å². The Morgan fingerprint density at radius 2 is 2.19 bits per heavy atom. The monoisotopic (exact) mass is 292 g/mol. The molecule has 4 nitrogen and oxygen atoms in total. The van der Waals surface area contributed by atoms with Crippen molar-refractivity contribution in [1.29, 1.82) is 0 Å². The van der Waals surface area contributed by atoms with Crippen LogP contribution in [-0.4, -0.2) is 40.1 Å². The minimum absolute atomic E-state index is 0.495. The lowest BCUT2D eigenvalue weighted by atomic mass is 9.97. The van der Waals surface area contributed by atoms with Crippen molar-refractivity contribution in [2.45, 2.75) is 77.5 Å². The Morgan fingerprint density at radius 3 is 2.90 bits per heavy atom. The van der Waals surface area contributed by atoms with Crippen LogP contribution in [0.3, 0.4) is 0 Å². The number of nitrogens with one attached hydrogen (secondary N) is 1. The van der Waals surface area contributed by atoms with E-state index in [0.717, 1.165) is 6.54 Å². The third-order valence-corrected chi connectivity index (χ3v) is 4.76. The van der Waals surface area contributed by atoms with E-state index in [1.165, 1.54) is 44.3 Å². The molecule has 2 unspecified atom stereocenters. The topological polar surface area (TPSA) is 33.1 Å². The van der Waals surface area contributed by atoms with Gasteiger partial charge in [0.25, 0.3) is 0 Å². The van der Waals surface area contributed by atoms with Gasteiger partial charge in [0, 0.05) is 30.9 Å². The van der Waals surface area contributed by atoms with Gasteiger partial charge < -0.3 is 14.8 Å². The predicted octanol–water partition coefficient (Wildman–Crippen LogP) is 3.21. The van der Waals surface area contributed by atoms with Crippen LogP contribution >= 0.6 is 0 Å². The summed E-state index contributed by atoms with van der Waals surface area (Å²) < 4.78 is 2.35. The zero-order valence-corrected chi connectivity index (χ0v) is 14.2. The van der Waals surface area contributed by atoms with Gasteiger partial charge in [0.2, 0.25) is 0 Å². The number of aryl methyl sites for hydroxylation is 1. The van der Waals surface area contributed by atoms with Gasteiger partial charge in [-0.25, -0.2) is 4.98 Å². The van der Waals surface area contributed by atoms with E-state index in [1.807, 2.05) is 6.33 Å². The van der Waals surface area contributed by atoms with E-state index in [1.54, 1.807) is 0 Å². The molecule has 4 heteroatoms. The quantitative estimate of drug-likeness (QED) is 0.783. The van der Waals surface area contributed by atoms with E-state index in [4.69, 9.17) is 0 Å². The fraction of sp³-hybridized carbons (Fsp3) is 0.824. The first-order valence-corrected chi connectivity index (χ1v) is 8.54. The highest BCUT2D eigenvalue weighted by Gasteiger charge is 2.21. The SMILES string of the molecule is CC1CCCC(c2cncn2CCCCN(C)C(C)C)N1. The third-order valence-electron chi connectivity index (χ3n) is 4.76. The maximum absolute atomic E-state index is 4.38. The van der Waals surface area contributed by atoms with Gasteiger partial charge in [0.1, 0.15) is 0 Å². The first-order chi connectivity index (χ1) is 10.1. The summed E-state index contributed by atoms with van der Waals surface area (Å²) in [5.74, 6) is 0. The highest BCUT2D eigenvalue weighted by Crippen LogP contribution is 2.25. The second-order valence-corrected chi connectivity index (χ2v) is 6.84. The Bertz CT molecular complexity index is 413. The maximum atomic E-state index is 4.38. The molecule has 2 atom stereocenters. The van der Waals surface area contributed by atoms with Crippen molar-refractivity contribution in [1.82, 2.24) is 19.8 Å². The molecule has 1 aliphatic rings. The minimum Gasteiger partial charge on any atom is -0.333 e. The highest BCUT2D eigenvalue weighted by atomic mass is 15.1. The number of nitrogens with zero attached hydrogens (tertiary/aromatic N) is 3. The molecule has 2 rings (SSSR count).